The lowest BCUT2D eigenvalue weighted by Gasteiger charge is -2.13. The number of nitrogens with one attached hydrogen (secondary N) is 1. The van der Waals surface area contributed by atoms with Crippen molar-refractivity contribution in [3.05, 3.63) is 63.1 Å². The molecule has 0 aromatic heterocycles. The molecule has 0 heterocycles. The van der Waals surface area contributed by atoms with Gasteiger partial charge in [-0.3, -0.25) is 0 Å². The number of hydrogen-bond acceptors (Lipinski definition) is 2. The van der Waals surface area contributed by atoms with Crippen LogP contribution >= 0.6 is 15.9 Å². The fraction of sp³-hybridized carbons (Fsp3) is 0.294. The molecule has 3 heteroatoms. The van der Waals surface area contributed by atoms with Crippen molar-refractivity contribution in [2.75, 3.05) is 7.05 Å². The molecule has 0 atom stereocenters. The number of aryl methyl sites for hydroxylation is 2. The monoisotopic (exact) mass is 333 g/mol. The van der Waals surface area contributed by atoms with Gasteiger partial charge in [0.15, 0.2) is 0 Å². The lowest BCUT2D eigenvalue weighted by atomic mass is 10.0. The zero-order valence-electron chi connectivity index (χ0n) is 12.2. The van der Waals surface area contributed by atoms with Gasteiger partial charge in [-0.1, -0.05) is 24.3 Å². The Kier molecular flexibility index (Phi) is 5.21. The number of hydrogen-bond donors (Lipinski definition) is 1. The van der Waals surface area contributed by atoms with Crippen LogP contribution in [0.3, 0.4) is 0 Å². The molecule has 2 aromatic rings. The Morgan fingerprint density at radius 1 is 1.10 bits per heavy atom. The maximum Gasteiger partial charge on any atom is 0.134 e. The van der Waals surface area contributed by atoms with Gasteiger partial charge in [0, 0.05) is 6.54 Å². The maximum atomic E-state index is 5.95. The molecule has 1 N–H and O–H groups in total. The molecule has 0 bridgehead atoms. The molecule has 0 aliphatic heterocycles. The molecule has 0 amide bonds. The summed E-state index contributed by atoms with van der Waals surface area (Å²) in [6, 6.07) is 12.5. The highest BCUT2D eigenvalue weighted by molar-refractivity contribution is 9.10. The van der Waals surface area contributed by atoms with Gasteiger partial charge in [0.05, 0.1) is 4.47 Å². The molecule has 0 saturated heterocycles. The quantitative estimate of drug-likeness (QED) is 0.877. The smallest absolute Gasteiger partial charge is 0.134 e. The van der Waals surface area contributed by atoms with Gasteiger partial charge in [0.2, 0.25) is 0 Å². The van der Waals surface area contributed by atoms with Gasteiger partial charge in [-0.25, -0.2) is 0 Å². The predicted molar refractivity (Wildman–Crippen MR) is 87.2 cm³/mol. The summed E-state index contributed by atoms with van der Waals surface area (Å²) >= 11 is 3.57. The summed E-state index contributed by atoms with van der Waals surface area (Å²) in [5.41, 5.74) is 5.04. The largest absolute Gasteiger partial charge is 0.488 e. The van der Waals surface area contributed by atoms with Gasteiger partial charge < -0.3 is 10.1 Å². The van der Waals surface area contributed by atoms with Crippen molar-refractivity contribution in [2.45, 2.75) is 27.0 Å². The summed E-state index contributed by atoms with van der Waals surface area (Å²) in [6.45, 7) is 5.70. The number of benzene rings is 2. The van der Waals surface area contributed by atoms with Crippen LogP contribution in [0.15, 0.2) is 40.9 Å². The Morgan fingerprint density at radius 2 is 1.80 bits per heavy atom. The molecule has 2 aromatic carbocycles. The summed E-state index contributed by atoms with van der Waals surface area (Å²) < 4.78 is 6.95. The first kappa shape index (κ1) is 15.1. The first-order valence-electron chi connectivity index (χ1n) is 6.72. The van der Waals surface area contributed by atoms with E-state index >= 15 is 0 Å². The number of rotatable bonds is 5. The Balaban J connectivity index is 2.11. The lowest BCUT2D eigenvalue weighted by molar-refractivity contribution is 0.302. The molecule has 2 rings (SSSR count). The fourth-order valence-electron chi connectivity index (χ4n) is 2.20. The first-order chi connectivity index (χ1) is 9.61. The van der Waals surface area contributed by atoms with Crippen molar-refractivity contribution in [2.24, 2.45) is 0 Å². The zero-order valence-corrected chi connectivity index (χ0v) is 13.8. The van der Waals surface area contributed by atoms with E-state index in [1.54, 1.807) is 0 Å². The first-order valence-corrected chi connectivity index (χ1v) is 7.52. The van der Waals surface area contributed by atoms with E-state index in [4.69, 9.17) is 4.74 Å². The van der Waals surface area contributed by atoms with Crippen molar-refractivity contribution < 1.29 is 4.74 Å². The maximum absolute atomic E-state index is 5.95. The average molecular weight is 334 g/mol. The van der Waals surface area contributed by atoms with Gasteiger partial charge >= 0.3 is 0 Å². The Bertz CT molecular complexity index is 575. The highest BCUT2D eigenvalue weighted by atomic mass is 79.9. The van der Waals surface area contributed by atoms with E-state index in [9.17, 15) is 0 Å². The van der Waals surface area contributed by atoms with Crippen molar-refractivity contribution in [1.29, 1.82) is 0 Å². The molecule has 0 fully saturated rings. The van der Waals surface area contributed by atoms with Crippen LogP contribution in [0.2, 0.25) is 0 Å². The minimum Gasteiger partial charge on any atom is -0.488 e. The van der Waals surface area contributed by atoms with E-state index in [1.165, 1.54) is 22.3 Å². The predicted octanol–water partition coefficient (Wildman–Crippen LogP) is 4.36. The zero-order chi connectivity index (χ0) is 14.5. The molecule has 0 saturated carbocycles. The standard InChI is InChI=1S/C17H20BrNO/c1-12-5-4-6-13(2)15(12)11-20-17-8-7-14(10-19-3)9-16(17)18/h4-9,19H,10-11H2,1-3H3. The van der Waals surface area contributed by atoms with E-state index in [0.29, 0.717) is 6.61 Å². The van der Waals surface area contributed by atoms with Crippen LogP contribution in [0.4, 0.5) is 0 Å². The second kappa shape index (κ2) is 6.91. The van der Waals surface area contributed by atoms with Crippen molar-refractivity contribution in [1.82, 2.24) is 5.32 Å². The Morgan fingerprint density at radius 3 is 2.40 bits per heavy atom. The minimum absolute atomic E-state index is 0.600. The molecule has 0 aliphatic rings. The third kappa shape index (κ3) is 3.62. The van der Waals surface area contributed by atoms with E-state index in [0.717, 1.165) is 16.8 Å². The van der Waals surface area contributed by atoms with Crippen LogP contribution in [0.25, 0.3) is 0 Å². The summed E-state index contributed by atoms with van der Waals surface area (Å²) in [7, 11) is 1.94. The average Bonchev–Trinajstić information content (AvgIpc) is 2.40. The topological polar surface area (TPSA) is 21.3 Å². The molecule has 0 unspecified atom stereocenters. The molecule has 106 valence electrons. The van der Waals surface area contributed by atoms with Crippen LogP contribution < -0.4 is 10.1 Å². The molecule has 0 spiro atoms. The van der Waals surface area contributed by atoms with Gasteiger partial charge in [0.25, 0.3) is 0 Å². The van der Waals surface area contributed by atoms with Crippen molar-refractivity contribution in [3.8, 4) is 5.75 Å². The highest BCUT2D eigenvalue weighted by Crippen LogP contribution is 2.27. The van der Waals surface area contributed by atoms with E-state index in [-0.39, 0.29) is 0 Å². The van der Waals surface area contributed by atoms with Crippen molar-refractivity contribution in [3.63, 3.8) is 0 Å². The fourth-order valence-corrected chi connectivity index (χ4v) is 2.74. The Hall–Kier alpha value is -1.32. The van der Waals surface area contributed by atoms with E-state index < -0.39 is 0 Å². The van der Waals surface area contributed by atoms with Crippen LogP contribution in [0, 0.1) is 13.8 Å². The summed E-state index contributed by atoms with van der Waals surface area (Å²) in [5, 5.41) is 3.14. The van der Waals surface area contributed by atoms with Gasteiger partial charge in [-0.05, 0) is 71.2 Å². The third-order valence-corrected chi connectivity index (χ3v) is 4.01. The normalized spacial score (nSPS) is 10.6. The molecule has 0 aliphatic carbocycles. The SMILES string of the molecule is CNCc1ccc(OCc2c(C)cccc2C)c(Br)c1. The van der Waals surface area contributed by atoms with Crippen LogP contribution in [0.1, 0.15) is 22.3 Å². The molecule has 0 radical (unpaired) electrons. The minimum atomic E-state index is 0.600. The lowest BCUT2D eigenvalue weighted by Crippen LogP contribution is -2.05. The highest BCUT2D eigenvalue weighted by Gasteiger charge is 2.06. The van der Waals surface area contributed by atoms with Crippen LogP contribution in [0.5, 0.6) is 5.75 Å². The molecular weight excluding hydrogens is 314 g/mol. The van der Waals surface area contributed by atoms with Gasteiger partial charge in [-0.15, -0.1) is 0 Å². The van der Waals surface area contributed by atoms with Crippen LogP contribution in [-0.4, -0.2) is 7.05 Å². The molecule has 2 nitrogen and oxygen atoms in total. The van der Waals surface area contributed by atoms with E-state index in [2.05, 4.69) is 65.4 Å². The summed E-state index contributed by atoms with van der Waals surface area (Å²) in [5.74, 6) is 0.882. The van der Waals surface area contributed by atoms with Crippen LogP contribution in [-0.2, 0) is 13.2 Å². The number of ether oxygens (including phenoxy) is 1. The van der Waals surface area contributed by atoms with E-state index in [1.807, 2.05) is 13.1 Å². The summed E-state index contributed by atoms with van der Waals surface area (Å²) in [4.78, 5) is 0. The number of halogens is 1. The second-order valence-electron chi connectivity index (χ2n) is 4.95. The molecular formula is C17H20BrNO. The van der Waals surface area contributed by atoms with Crippen molar-refractivity contribution >= 4 is 15.9 Å². The van der Waals surface area contributed by atoms with Gasteiger partial charge in [0.1, 0.15) is 12.4 Å². The second-order valence-corrected chi connectivity index (χ2v) is 5.81. The summed E-state index contributed by atoms with van der Waals surface area (Å²) in [6.07, 6.45) is 0. The molecule has 20 heavy (non-hydrogen) atoms. The van der Waals surface area contributed by atoms with Gasteiger partial charge in [-0.2, -0.15) is 0 Å². The third-order valence-electron chi connectivity index (χ3n) is 3.39. The Labute approximate surface area is 129 Å².